The zero-order valence-electron chi connectivity index (χ0n) is 11.6. The van der Waals surface area contributed by atoms with E-state index in [1.54, 1.807) is 6.07 Å². The van der Waals surface area contributed by atoms with Crippen molar-refractivity contribution in [1.29, 1.82) is 0 Å². The van der Waals surface area contributed by atoms with E-state index in [9.17, 15) is 9.18 Å². The summed E-state index contributed by atoms with van der Waals surface area (Å²) in [7, 11) is 1.31. The molecule has 0 spiro atoms. The molecule has 1 atom stereocenters. The Hall–Kier alpha value is -1.62. The second kappa shape index (κ2) is 5.40. The Morgan fingerprint density at radius 3 is 2.90 bits per heavy atom. The topological polar surface area (TPSA) is 41.6 Å². The van der Waals surface area contributed by atoms with Gasteiger partial charge in [-0.1, -0.05) is 0 Å². The van der Waals surface area contributed by atoms with Gasteiger partial charge in [-0.3, -0.25) is 4.90 Å². The lowest BCUT2D eigenvalue weighted by Crippen LogP contribution is -2.28. The first kappa shape index (κ1) is 13.4. The van der Waals surface area contributed by atoms with E-state index in [0.717, 1.165) is 25.6 Å². The first-order valence-electron chi connectivity index (χ1n) is 7.06. The number of nitrogens with zero attached hydrogens (tertiary/aromatic N) is 1. The van der Waals surface area contributed by atoms with E-state index in [2.05, 4.69) is 10.2 Å². The van der Waals surface area contributed by atoms with Crippen LogP contribution in [0.1, 0.15) is 29.6 Å². The molecule has 2 aliphatic rings. The molecule has 1 heterocycles. The minimum Gasteiger partial charge on any atom is -0.465 e. The van der Waals surface area contributed by atoms with E-state index in [4.69, 9.17) is 4.74 Å². The second-order valence-corrected chi connectivity index (χ2v) is 5.54. The lowest BCUT2D eigenvalue weighted by molar-refractivity contribution is 0.0601. The molecule has 1 unspecified atom stereocenters. The number of hydrogen-bond donors (Lipinski definition) is 1. The van der Waals surface area contributed by atoms with Crippen LogP contribution in [0.4, 0.5) is 10.1 Å². The minimum absolute atomic E-state index is 0.261. The summed E-state index contributed by atoms with van der Waals surface area (Å²) >= 11 is 0. The number of hydrogen-bond acceptors (Lipinski definition) is 4. The van der Waals surface area contributed by atoms with Crippen LogP contribution in [-0.2, 0) is 4.74 Å². The van der Waals surface area contributed by atoms with Gasteiger partial charge in [0.15, 0.2) is 0 Å². The molecule has 5 heteroatoms. The third kappa shape index (κ3) is 2.77. The van der Waals surface area contributed by atoms with Crippen molar-refractivity contribution in [2.75, 3.05) is 25.5 Å². The fourth-order valence-electron chi connectivity index (χ4n) is 2.82. The lowest BCUT2D eigenvalue weighted by Gasteiger charge is -2.18. The van der Waals surface area contributed by atoms with Crippen LogP contribution in [0.2, 0.25) is 0 Å². The van der Waals surface area contributed by atoms with Crippen LogP contribution in [0.15, 0.2) is 18.2 Å². The first-order chi connectivity index (χ1) is 9.67. The third-order valence-electron chi connectivity index (χ3n) is 4.03. The van der Waals surface area contributed by atoms with Gasteiger partial charge in [0.2, 0.25) is 0 Å². The lowest BCUT2D eigenvalue weighted by atomic mass is 10.1. The molecule has 1 saturated heterocycles. The molecule has 1 saturated carbocycles. The molecule has 20 heavy (non-hydrogen) atoms. The van der Waals surface area contributed by atoms with E-state index >= 15 is 0 Å². The molecule has 2 fully saturated rings. The molecule has 1 aliphatic carbocycles. The summed E-state index contributed by atoms with van der Waals surface area (Å²) in [5.74, 6) is -0.939. The number of benzene rings is 1. The van der Waals surface area contributed by atoms with Crippen LogP contribution in [0, 0.1) is 5.82 Å². The molecule has 3 rings (SSSR count). The van der Waals surface area contributed by atoms with Crippen LogP contribution in [0.5, 0.6) is 0 Å². The molecule has 1 aliphatic heterocycles. The highest BCUT2D eigenvalue weighted by molar-refractivity contribution is 5.95. The maximum absolute atomic E-state index is 13.3. The van der Waals surface area contributed by atoms with Crippen LogP contribution < -0.4 is 5.32 Å². The van der Waals surface area contributed by atoms with Crippen molar-refractivity contribution < 1.29 is 13.9 Å². The fourth-order valence-corrected chi connectivity index (χ4v) is 2.82. The molecule has 1 N–H and O–H groups in total. The number of ether oxygens (including phenoxy) is 1. The number of methoxy groups -OCH3 is 1. The number of anilines is 1. The molecule has 0 bridgehead atoms. The molecule has 0 amide bonds. The maximum Gasteiger partial charge on any atom is 0.340 e. The summed E-state index contributed by atoms with van der Waals surface area (Å²) in [6.45, 7) is 2.08. The number of carbonyl (C=O) groups excluding carboxylic acids is 1. The zero-order valence-corrected chi connectivity index (χ0v) is 11.6. The molecular weight excluding hydrogens is 259 g/mol. The predicted octanol–water partition coefficient (Wildman–Crippen LogP) is 2.26. The largest absolute Gasteiger partial charge is 0.465 e. The van der Waals surface area contributed by atoms with Crippen LogP contribution in [0.25, 0.3) is 0 Å². The van der Waals surface area contributed by atoms with Gasteiger partial charge < -0.3 is 10.1 Å². The number of nitrogens with one attached hydrogen (secondary N) is 1. The highest BCUT2D eigenvalue weighted by Crippen LogP contribution is 2.31. The van der Waals surface area contributed by atoms with Gasteiger partial charge in [0.05, 0.1) is 12.7 Å². The van der Waals surface area contributed by atoms with Gasteiger partial charge in [0, 0.05) is 30.9 Å². The highest BCUT2D eigenvalue weighted by atomic mass is 19.1. The molecule has 108 valence electrons. The average molecular weight is 278 g/mol. The van der Waals surface area contributed by atoms with Crippen molar-refractivity contribution in [2.45, 2.75) is 31.3 Å². The Labute approximate surface area is 117 Å². The smallest absolute Gasteiger partial charge is 0.340 e. The van der Waals surface area contributed by atoms with E-state index in [-0.39, 0.29) is 5.56 Å². The summed E-state index contributed by atoms with van der Waals surface area (Å²) < 4.78 is 18.0. The van der Waals surface area contributed by atoms with E-state index in [1.165, 1.54) is 32.1 Å². The van der Waals surface area contributed by atoms with Crippen LogP contribution in [-0.4, -0.2) is 43.2 Å². The predicted molar refractivity (Wildman–Crippen MR) is 74.4 cm³/mol. The molecule has 4 nitrogen and oxygen atoms in total. The number of carbonyl (C=O) groups is 1. The van der Waals surface area contributed by atoms with Gasteiger partial charge in [-0.25, -0.2) is 9.18 Å². The Morgan fingerprint density at radius 1 is 1.40 bits per heavy atom. The number of rotatable bonds is 4. The quantitative estimate of drug-likeness (QED) is 0.858. The Balaban J connectivity index is 1.71. The zero-order chi connectivity index (χ0) is 14.1. The monoisotopic (exact) mass is 278 g/mol. The average Bonchev–Trinajstić information content (AvgIpc) is 3.20. The van der Waals surface area contributed by atoms with Crippen molar-refractivity contribution >= 4 is 11.7 Å². The second-order valence-electron chi connectivity index (χ2n) is 5.54. The summed E-state index contributed by atoms with van der Waals surface area (Å²) in [4.78, 5) is 14.2. The van der Waals surface area contributed by atoms with E-state index < -0.39 is 11.8 Å². The number of esters is 1. The summed E-state index contributed by atoms with van der Waals surface area (Å²) in [5.41, 5.74) is 0.915. The third-order valence-corrected chi connectivity index (χ3v) is 4.03. The highest BCUT2D eigenvalue weighted by Gasteiger charge is 2.34. The Morgan fingerprint density at radius 2 is 2.20 bits per heavy atom. The van der Waals surface area contributed by atoms with Gasteiger partial charge in [0.1, 0.15) is 5.82 Å². The summed E-state index contributed by atoms with van der Waals surface area (Å²) in [6.07, 6.45) is 3.65. The SMILES string of the molecule is COC(=O)c1cc(F)ccc1NC1CCN(C2CC2)C1. The molecular formula is C15H19FN2O2. The van der Waals surface area contributed by atoms with E-state index in [1.807, 2.05) is 0 Å². The minimum atomic E-state index is -0.510. The van der Waals surface area contributed by atoms with Gasteiger partial charge >= 0.3 is 5.97 Å². The first-order valence-corrected chi connectivity index (χ1v) is 7.06. The van der Waals surface area contributed by atoms with Gasteiger partial charge in [0.25, 0.3) is 0 Å². The normalized spacial score (nSPS) is 22.8. The van der Waals surface area contributed by atoms with Crippen molar-refractivity contribution in [1.82, 2.24) is 4.90 Å². The van der Waals surface area contributed by atoms with Gasteiger partial charge in [-0.15, -0.1) is 0 Å². The number of likely N-dealkylation sites (tertiary alicyclic amines) is 1. The molecule has 1 aromatic carbocycles. The van der Waals surface area contributed by atoms with Crippen LogP contribution >= 0.6 is 0 Å². The molecule has 0 radical (unpaired) electrons. The summed E-state index contributed by atoms with van der Waals surface area (Å²) in [5, 5.41) is 3.36. The Bertz CT molecular complexity index is 517. The van der Waals surface area contributed by atoms with Crippen molar-refractivity contribution in [3.05, 3.63) is 29.6 Å². The van der Waals surface area contributed by atoms with Gasteiger partial charge in [-0.2, -0.15) is 0 Å². The maximum atomic E-state index is 13.3. The summed E-state index contributed by atoms with van der Waals surface area (Å²) in [6, 6.07) is 5.27. The van der Waals surface area contributed by atoms with Crippen molar-refractivity contribution in [3.63, 3.8) is 0 Å². The molecule has 0 aromatic heterocycles. The number of halogens is 1. The fraction of sp³-hybridized carbons (Fsp3) is 0.533. The standard InChI is InChI=1S/C15H19FN2O2/c1-20-15(19)13-8-10(16)2-5-14(13)17-11-6-7-18(9-11)12-3-4-12/h2,5,8,11-12,17H,3-4,6-7,9H2,1H3. The van der Waals surface area contributed by atoms with Gasteiger partial charge in [-0.05, 0) is 37.5 Å². The molecule has 1 aromatic rings. The van der Waals surface area contributed by atoms with E-state index in [0.29, 0.717) is 11.7 Å². The van der Waals surface area contributed by atoms with Crippen LogP contribution in [0.3, 0.4) is 0 Å². The Kier molecular flexibility index (Phi) is 3.61. The van der Waals surface area contributed by atoms with Crippen molar-refractivity contribution in [3.8, 4) is 0 Å². The van der Waals surface area contributed by atoms with Crippen molar-refractivity contribution in [2.24, 2.45) is 0 Å².